The monoisotopic (exact) mass is 410 g/mol. The highest BCUT2D eigenvalue weighted by Crippen LogP contribution is 2.53. The van der Waals surface area contributed by atoms with E-state index < -0.39 is 5.41 Å². The van der Waals surface area contributed by atoms with Crippen LogP contribution in [0.1, 0.15) is 34.2 Å². The average Bonchev–Trinajstić information content (AvgIpc) is 3.25. The van der Waals surface area contributed by atoms with E-state index in [4.69, 9.17) is 6.42 Å². The molecule has 154 valence electrons. The summed E-state index contributed by atoms with van der Waals surface area (Å²) in [6.45, 7) is 6.19. The summed E-state index contributed by atoms with van der Waals surface area (Å²) in [5, 5.41) is 7.54. The molecule has 0 aliphatic carbocycles. The van der Waals surface area contributed by atoms with E-state index in [1.807, 2.05) is 57.2 Å². The molecule has 0 fully saturated rings. The van der Waals surface area contributed by atoms with Crippen LogP contribution in [0, 0.1) is 33.1 Å². The van der Waals surface area contributed by atoms with E-state index in [-0.39, 0.29) is 24.8 Å². The first-order valence-corrected chi connectivity index (χ1v) is 10.2. The number of carbonyl (C=O) groups is 2. The van der Waals surface area contributed by atoms with E-state index in [9.17, 15) is 9.59 Å². The van der Waals surface area contributed by atoms with Crippen LogP contribution >= 0.6 is 0 Å². The van der Waals surface area contributed by atoms with Gasteiger partial charge in [0.05, 0.1) is 24.1 Å². The third kappa shape index (κ3) is 2.50. The number of aryl methyl sites for hydroxylation is 3. The van der Waals surface area contributed by atoms with Crippen molar-refractivity contribution in [3.8, 4) is 18.0 Å². The van der Waals surface area contributed by atoms with Crippen LogP contribution in [0.2, 0.25) is 0 Å². The topological polar surface area (TPSA) is 67.2 Å². The molecule has 0 bridgehead atoms. The summed E-state index contributed by atoms with van der Waals surface area (Å²) in [6.07, 6.45) is 7.31. The number of hydrogen-bond acceptors (Lipinski definition) is 3. The molecule has 1 atom stereocenters. The maximum Gasteiger partial charge on any atom is 0.243 e. The second kappa shape index (κ2) is 6.58. The molecule has 0 radical (unpaired) electrons. The molecule has 2 aliphatic rings. The first-order valence-electron chi connectivity index (χ1n) is 10.2. The third-order valence-electron chi connectivity index (χ3n) is 6.47. The van der Waals surface area contributed by atoms with Crippen LogP contribution < -0.4 is 10.2 Å². The summed E-state index contributed by atoms with van der Waals surface area (Å²) in [7, 11) is 0. The third-order valence-corrected chi connectivity index (χ3v) is 6.47. The quantitative estimate of drug-likeness (QED) is 0.659. The Balaban J connectivity index is 1.77. The molecule has 0 saturated heterocycles. The molecular weight excluding hydrogens is 388 g/mol. The summed E-state index contributed by atoms with van der Waals surface area (Å²) in [6, 6.07) is 11.8. The standard InChI is InChI=1S/C25H22N4O2/c1-5-11-28-22-16(3)7-6-8-19(22)25(24(28)31)13-21(30)27-23-20(25)14-26-29(23)18-10-9-15(2)17(4)12-18/h1,6-10,12,14H,11,13H2,2-4H3,(H,27,30)/t25-/m0/s1. The number of aromatic nitrogens is 2. The minimum absolute atomic E-state index is 0.0228. The van der Waals surface area contributed by atoms with Crippen LogP contribution in [0.15, 0.2) is 42.6 Å². The Morgan fingerprint density at radius 2 is 1.90 bits per heavy atom. The summed E-state index contributed by atoms with van der Waals surface area (Å²) in [4.78, 5) is 28.4. The van der Waals surface area contributed by atoms with Gasteiger partial charge in [-0.15, -0.1) is 6.42 Å². The number of hydrogen-bond donors (Lipinski definition) is 1. The lowest BCUT2D eigenvalue weighted by Gasteiger charge is -2.32. The summed E-state index contributed by atoms with van der Waals surface area (Å²) in [5.41, 5.74) is 5.25. The van der Waals surface area contributed by atoms with Gasteiger partial charge in [-0.2, -0.15) is 5.10 Å². The van der Waals surface area contributed by atoms with Crippen LogP contribution in [0.25, 0.3) is 5.69 Å². The number of para-hydroxylation sites is 1. The highest BCUT2D eigenvalue weighted by Gasteiger charge is 2.57. The van der Waals surface area contributed by atoms with Gasteiger partial charge in [-0.1, -0.05) is 30.2 Å². The van der Waals surface area contributed by atoms with Gasteiger partial charge < -0.3 is 5.32 Å². The predicted octanol–water partition coefficient (Wildman–Crippen LogP) is 3.41. The minimum Gasteiger partial charge on any atom is -0.310 e. The van der Waals surface area contributed by atoms with Gasteiger partial charge in [-0.3, -0.25) is 14.5 Å². The zero-order chi connectivity index (χ0) is 21.9. The van der Waals surface area contributed by atoms with Gasteiger partial charge in [0.25, 0.3) is 0 Å². The molecule has 2 aromatic carbocycles. The molecule has 3 aromatic rings. The molecule has 0 unspecified atom stereocenters. The van der Waals surface area contributed by atoms with Crippen LogP contribution in [0.5, 0.6) is 0 Å². The van der Waals surface area contributed by atoms with Gasteiger partial charge in [0.2, 0.25) is 11.8 Å². The summed E-state index contributed by atoms with van der Waals surface area (Å²) in [5.74, 6) is 2.73. The number of nitrogens with zero attached hydrogens (tertiary/aromatic N) is 3. The van der Waals surface area contributed by atoms with Gasteiger partial charge in [-0.25, -0.2) is 4.68 Å². The fourth-order valence-electron chi connectivity index (χ4n) is 4.83. The van der Waals surface area contributed by atoms with Crippen molar-refractivity contribution in [2.24, 2.45) is 0 Å². The molecule has 3 heterocycles. The number of nitrogens with one attached hydrogen (secondary N) is 1. The average molecular weight is 410 g/mol. The highest BCUT2D eigenvalue weighted by atomic mass is 16.2. The molecule has 1 N–H and O–H groups in total. The van der Waals surface area contributed by atoms with Crippen molar-refractivity contribution in [2.75, 3.05) is 16.8 Å². The second-order valence-corrected chi connectivity index (χ2v) is 8.28. The molecule has 5 rings (SSSR count). The lowest BCUT2D eigenvalue weighted by molar-refractivity contribution is -0.126. The van der Waals surface area contributed by atoms with Crippen molar-refractivity contribution < 1.29 is 9.59 Å². The molecule has 1 spiro atoms. The molecule has 2 aliphatic heterocycles. The molecule has 1 aromatic heterocycles. The Bertz CT molecular complexity index is 1310. The van der Waals surface area contributed by atoms with Crippen LogP contribution in [-0.2, 0) is 15.0 Å². The summed E-state index contributed by atoms with van der Waals surface area (Å²) >= 11 is 0. The van der Waals surface area contributed by atoms with E-state index in [1.54, 1.807) is 15.8 Å². The Labute approximate surface area is 180 Å². The summed E-state index contributed by atoms with van der Waals surface area (Å²) < 4.78 is 1.70. The van der Waals surface area contributed by atoms with Crippen LogP contribution in [0.3, 0.4) is 0 Å². The molecule has 2 amide bonds. The maximum absolute atomic E-state index is 13.8. The van der Waals surface area contributed by atoms with Crippen molar-refractivity contribution in [3.05, 3.63) is 70.4 Å². The van der Waals surface area contributed by atoms with Gasteiger partial charge in [0.1, 0.15) is 11.2 Å². The second-order valence-electron chi connectivity index (χ2n) is 8.28. The SMILES string of the molecule is C#CCN1C(=O)[C@@]2(CC(=O)Nc3c2cnn3-c2ccc(C)c(C)c2)c2cccc(C)c21. The van der Waals surface area contributed by atoms with Gasteiger partial charge in [0, 0.05) is 12.0 Å². The van der Waals surface area contributed by atoms with Crippen molar-refractivity contribution in [1.82, 2.24) is 9.78 Å². The lowest BCUT2D eigenvalue weighted by Crippen LogP contribution is -2.46. The van der Waals surface area contributed by atoms with Crippen LogP contribution in [-0.4, -0.2) is 28.1 Å². The Morgan fingerprint density at radius 3 is 2.65 bits per heavy atom. The number of carbonyl (C=O) groups excluding carboxylic acids is 2. The molecular formula is C25H22N4O2. The fraction of sp³-hybridized carbons (Fsp3) is 0.240. The smallest absolute Gasteiger partial charge is 0.243 e. The molecule has 6 heteroatoms. The number of anilines is 2. The number of rotatable bonds is 2. The van der Waals surface area contributed by atoms with E-state index in [0.29, 0.717) is 11.4 Å². The van der Waals surface area contributed by atoms with Crippen molar-refractivity contribution in [3.63, 3.8) is 0 Å². The molecule has 31 heavy (non-hydrogen) atoms. The first-order chi connectivity index (χ1) is 14.9. The number of terminal acetylenes is 1. The largest absolute Gasteiger partial charge is 0.310 e. The van der Waals surface area contributed by atoms with Gasteiger partial charge >= 0.3 is 0 Å². The number of benzene rings is 2. The predicted molar refractivity (Wildman–Crippen MR) is 119 cm³/mol. The normalized spacial score (nSPS) is 19.2. The van der Waals surface area contributed by atoms with E-state index in [2.05, 4.69) is 16.3 Å². The zero-order valence-corrected chi connectivity index (χ0v) is 17.7. The number of fused-ring (bicyclic) bond motifs is 4. The lowest BCUT2D eigenvalue weighted by atomic mass is 9.71. The van der Waals surface area contributed by atoms with Crippen molar-refractivity contribution in [1.29, 1.82) is 0 Å². The van der Waals surface area contributed by atoms with E-state index >= 15 is 0 Å². The van der Waals surface area contributed by atoms with Crippen LogP contribution in [0.4, 0.5) is 11.5 Å². The fourth-order valence-corrected chi connectivity index (χ4v) is 4.83. The Kier molecular flexibility index (Phi) is 4.06. The van der Waals surface area contributed by atoms with Crippen molar-refractivity contribution in [2.45, 2.75) is 32.6 Å². The molecule has 6 nitrogen and oxygen atoms in total. The van der Waals surface area contributed by atoms with E-state index in [0.717, 1.165) is 28.1 Å². The number of amides is 2. The Morgan fingerprint density at radius 1 is 1.10 bits per heavy atom. The van der Waals surface area contributed by atoms with Crippen molar-refractivity contribution >= 4 is 23.3 Å². The van der Waals surface area contributed by atoms with Gasteiger partial charge in [-0.05, 0) is 55.2 Å². The van der Waals surface area contributed by atoms with E-state index in [1.165, 1.54) is 5.56 Å². The highest BCUT2D eigenvalue weighted by molar-refractivity contribution is 6.16. The first kappa shape index (κ1) is 19.1. The maximum atomic E-state index is 13.8. The zero-order valence-electron chi connectivity index (χ0n) is 17.7. The Hall–Kier alpha value is -3.85. The molecule has 0 saturated carbocycles. The van der Waals surface area contributed by atoms with Gasteiger partial charge in [0.15, 0.2) is 0 Å². The minimum atomic E-state index is -1.13.